The van der Waals surface area contributed by atoms with Crippen molar-refractivity contribution in [1.29, 1.82) is 0 Å². The van der Waals surface area contributed by atoms with Crippen LogP contribution in [0, 0.1) is 0 Å². The van der Waals surface area contributed by atoms with E-state index in [0.717, 1.165) is 5.56 Å². The summed E-state index contributed by atoms with van der Waals surface area (Å²) in [6.07, 6.45) is 1.92. The molecule has 0 radical (unpaired) electrons. The molecule has 0 aliphatic rings. The number of nitrogens with one attached hydrogen (secondary N) is 2. The smallest absolute Gasteiger partial charge is 0.191 e. The Bertz CT molecular complexity index is 570. The Morgan fingerprint density at radius 3 is 2.65 bits per heavy atom. The fourth-order valence-corrected chi connectivity index (χ4v) is 2.32. The topological polar surface area (TPSA) is 75.9 Å². The number of thioether (sulfide) groups is 1. The van der Waals surface area contributed by atoms with Gasteiger partial charge in [0, 0.05) is 17.1 Å². The van der Waals surface area contributed by atoms with Crippen molar-refractivity contribution in [2.45, 2.75) is 18.1 Å². The molecule has 2 aromatic rings. The van der Waals surface area contributed by atoms with Crippen LogP contribution in [-0.4, -0.2) is 16.2 Å². The number of hydrogen-bond donors (Lipinski definition) is 3. The number of anilines is 2. The molecular weight excluding hydrogens is 294 g/mol. The molecule has 0 saturated heterocycles. The SMILES string of the molecule is CSc1nc(NN)cc(NC(C)c2cccc(Cl)c2)n1. The van der Waals surface area contributed by atoms with Crippen molar-refractivity contribution < 1.29 is 0 Å². The summed E-state index contributed by atoms with van der Waals surface area (Å²) >= 11 is 7.46. The molecular formula is C13H16ClN5S. The average Bonchev–Trinajstić information content (AvgIpc) is 2.46. The van der Waals surface area contributed by atoms with Crippen LogP contribution in [0.15, 0.2) is 35.5 Å². The molecule has 1 unspecified atom stereocenters. The Hall–Kier alpha value is -1.50. The summed E-state index contributed by atoms with van der Waals surface area (Å²) in [6.45, 7) is 2.04. The maximum absolute atomic E-state index is 6.00. The van der Waals surface area contributed by atoms with Crippen molar-refractivity contribution >= 4 is 35.0 Å². The van der Waals surface area contributed by atoms with Crippen LogP contribution in [-0.2, 0) is 0 Å². The Kier molecular flexibility index (Phi) is 5.05. The third kappa shape index (κ3) is 3.75. The molecule has 0 fully saturated rings. The summed E-state index contributed by atoms with van der Waals surface area (Å²) < 4.78 is 0. The van der Waals surface area contributed by atoms with Crippen molar-refractivity contribution in [3.05, 3.63) is 40.9 Å². The average molecular weight is 310 g/mol. The van der Waals surface area contributed by atoms with Crippen molar-refractivity contribution in [3.8, 4) is 0 Å². The van der Waals surface area contributed by atoms with Gasteiger partial charge in [-0.05, 0) is 30.9 Å². The summed E-state index contributed by atoms with van der Waals surface area (Å²) in [5.74, 6) is 6.70. The zero-order chi connectivity index (χ0) is 14.5. The minimum Gasteiger partial charge on any atom is -0.363 e. The largest absolute Gasteiger partial charge is 0.363 e. The molecule has 1 aromatic carbocycles. The Morgan fingerprint density at radius 1 is 1.25 bits per heavy atom. The monoisotopic (exact) mass is 309 g/mol. The van der Waals surface area contributed by atoms with Crippen molar-refractivity contribution in [2.75, 3.05) is 17.0 Å². The Morgan fingerprint density at radius 2 is 2.00 bits per heavy atom. The molecule has 4 N–H and O–H groups in total. The number of nitrogen functional groups attached to an aromatic ring is 1. The summed E-state index contributed by atoms with van der Waals surface area (Å²) in [4.78, 5) is 8.62. The van der Waals surface area contributed by atoms with Crippen molar-refractivity contribution in [3.63, 3.8) is 0 Å². The van der Waals surface area contributed by atoms with Gasteiger partial charge in [-0.3, -0.25) is 0 Å². The van der Waals surface area contributed by atoms with Gasteiger partial charge < -0.3 is 10.7 Å². The number of halogens is 1. The number of hydrogen-bond acceptors (Lipinski definition) is 6. The number of nitrogens with two attached hydrogens (primary N) is 1. The fraction of sp³-hybridized carbons (Fsp3) is 0.231. The van der Waals surface area contributed by atoms with Gasteiger partial charge in [-0.25, -0.2) is 15.8 Å². The molecule has 0 aliphatic carbocycles. The molecule has 0 spiro atoms. The van der Waals surface area contributed by atoms with Crippen LogP contribution in [0.4, 0.5) is 11.6 Å². The van der Waals surface area contributed by atoms with Crippen LogP contribution in [0.5, 0.6) is 0 Å². The highest BCUT2D eigenvalue weighted by molar-refractivity contribution is 7.98. The summed E-state index contributed by atoms with van der Waals surface area (Å²) in [5, 5.41) is 4.69. The van der Waals surface area contributed by atoms with Crippen LogP contribution in [0.3, 0.4) is 0 Å². The molecule has 2 rings (SSSR count). The van der Waals surface area contributed by atoms with E-state index in [4.69, 9.17) is 17.4 Å². The van der Waals surface area contributed by atoms with Crippen molar-refractivity contribution in [1.82, 2.24) is 9.97 Å². The highest BCUT2D eigenvalue weighted by Gasteiger charge is 2.09. The highest BCUT2D eigenvalue weighted by Crippen LogP contribution is 2.23. The van der Waals surface area contributed by atoms with Gasteiger partial charge in [0.25, 0.3) is 0 Å². The fourth-order valence-electron chi connectivity index (χ4n) is 1.75. The van der Waals surface area contributed by atoms with Crippen LogP contribution >= 0.6 is 23.4 Å². The predicted molar refractivity (Wildman–Crippen MR) is 85.1 cm³/mol. The molecule has 0 aliphatic heterocycles. The van der Waals surface area contributed by atoms with E-state index in [1.54, 1.807) is 6.07 Å². The lowest BCUT2D eigenvalue weighted by atomic mass is 10.1. The molecule has 0 bridgehead atoms. The molecule has 7 heteroatoms. The Balaban J connectivity index is 2.20. The first kappa shape index (κ1) is 14.9. The molecule has 1 atom stereocenters. The molecule has 5 nitrogen and oxygen atoms in total. The second-order valence-corrected chi connectivity index (χ2v) is 5.40. The summed E-state index contributed by atoms with van der Waals surface area (Å²) in [6, 6.07) is 9.56. The normalized spacial score (nSPS) is 12.0. The first-order valence-electron chi connectivity index (χ1n) is 6.04. The zero-order valence-electron chi connectivity index (χ0n) is 11.2. The first-order chi connectivity index (χ1) is 9.62. The minimum atomic E-state index is 0.0731. The lowest BCUT2D eigenvalue weighted by Crippen LogP contribution is -2.12. The first-order valence-corrected chi connectivity index (χ1v) is 7.64. The van der Waals surface area contributed by atoms with Gasteiger partial charge in [-0.15, -0.1) is 0 Å². The molecule has 0 amide bonds. The molecule has 0 saturated carbocycles. The number of rotatable bonds is 5. The molecule has 106 valence electrons. The standard InChI is InChI=1S/C13H16ClN5S/c1-8(9-4-3-5-10(14)6-9)16-11-7-12(19-15)18-13(17-11)20-2/h3-8H,15H2,1-2H3,(H2,16,17,18,19). The highest BCUT2D eigenvalue weighted by atomic mass is 35.5. The maximum Gasteiger partial charge on any atom is 0.191 e. The van der Waals surface area contributed by atoms with Gasteiger partial charge >= 0.3 is 0 Å². The van der Waals surface area contributed by atoms with E-state index in [1.807, 2.05) is 37.4 Å². The van der Waals surface area contributed by atoms with Gasteiger partial charge in [0.1, 0.15) is 11.6 Å². The summed E-state index contributed by atoms with van der Waals surface area (Å²) in [7, 11) is 0. The third-order valence-corrected chi connectivity index (χ3v) is 3.53. The van der Waals surface area contributed by atoms with Crippen LogP contribution < -0.4 is 16.6 Å². The van der Waals surface area contributed by atoms with Crippen LogP contribution in [0.25, 0.3) is 0 Å². The number of hydrazine groups is 1. The second-order valence-electron chi connectivity index (χ2n) is 4.19. The molecule has 20 heavy (non-hydrogen) atoms. The minimum absolute atomic E-state index is 0.0731. The number of benzene rings is 1. The maximum atomic E-state index is 6.00. The predicted octanol–water partition coefficient (Wildman–Crippen LogP) is 3.31. The van der Waals surface area contributed by atoms with Crippen LogP contribution in [0.1, 0.15) is 18.5 Å². The lowest BCUT2D eigenvalue weighted by molar-refractivity contribution is 0.856. The van der Waals surface area contributed by atoms with Gasteiger partial charge in [-0.1, -0.05) is 35.5 Å². The number of nitrogens with zero attached hydrogens (tertiary/aromatic N) is 2. The summed E-state index contributed by atoms with van der Waals surface area (Å²) in [5.41, 5.74) is 3.63. The van der Waals surface area contributed by atoms with Gasteiger partial charge in [-0.2, -0.15) is 0 Å². The molecule has 1 heterocycles. The van der Waals surface area contributed by atoms with E-state index in [9.17, 15) is 0 Å². The lowest BCUT2D eigenvalue weighted by Gasteiger charge is -2.16. The van der Waals surface area contributed by atoms with Gasteiger partial charge in [0.05, 0.1) is 0 Å². The van der Waals surface area contributed by atoms with E-state index < -0.39 is 0 Å². The van der Waals surface area contributed by atoms with Gasteiger partial charge in [0.2, 0.25) is 0 Å². The third-order valence-electron chi connectivity index (χ3n) is 2.75. The van der Waals surface area contributed by atoms with E-state index >= 15 is 0 Å². The quantitative estimate of drug-likeness (QED) is 0.340. The van der Waals surface area contributed by atoms with Crippen LogP contribution in [0.2, 0.25) is 5.02 Å². The zero-order valence-corrected chi connectivity index (χ0v) is 12.8. The Labute approximate surface area is 127 Å². The van der Waals surface area contributed by atoms with Gasteiger partial charge in [0.15, 0.2) is 5.16 Å². The van der Waals surface area contributed by atoms with E-state index in [1.165, 1.54) is 11.8 Å². The van der Waals surface area contributed by atoms with E-state index in [2.05, 4.69) is 20.7 Å². The second kappa shape index (κ2) is 6.78. The van der Waals surface area contributed by atoms with E-state index in [-0.39, 0.29) is 6.04 Å². The number of aromatic nitrogens is 2. The van der Waals surface area contributed by atoms with Crippen molar-refractivity contribution in [2.24, 2.45) is 5.84 Å². The molecule has 1 aromatic heterocycles. The van der Waals surface area contributed by atoms with E-state index in [0.29, 0.717) is 21.8 Å².